The number of amides is 1. The van der Waals surface area contributed by atoms with Gasteiger partial charge in [-0.15, -0.1) is 0 Å². The first-order valence-electron chi connectivity index (χ1n) is 8.99. The molecular weight excluding hydrogens is 291 g/mol. The van der Waals surface area contributed by atoms with Crippen LogP contribution >= 0.6 is 0 Å². The van der Waals surface area contributed by atoms with Crippen LogP contribution in [0.1, 0.15) is 50.5 Å². The molecule has 1 aromatic carbocycles. The topological polar surface area (TPSA) is 32.3 Å². The molecule has 1 aliphatic carbocycles. The van der Waals surface area contributed by atoms with E-state index < -0.39 is 0 Å². The highest BCUT2D eigenvalue weighted by molar-refractivity contribution is 5.76. The zero-order chi connectivity index (χ0) is 16.1. The minimum Gasteiger partial charge on any atom is -0.353 e. The molecule has 1 amide bonds. The molecule has 0 spiro atoms. The normalized spacial score (nSPS) is 20.7. The van der Waals surface area contributed by atoms with E-state index in [9.17, 15) is 9.18 Å². The van der Waals surface area contributed by atoms with E-state index in [0.717, 1.165) is 32.0 Å². The third-order valence-corrected chi connectivity index (χ3v) is 5.31. The highest BCUT2D eigenvalue weighted by atomic mass is 19.1. The van der Waals surface area contributed by atoms with Crippen LogP contribution in [0, 0.1) is 5.82 Å². The fraction of sp³-hybridized carbons (Fsp3) is 0.632. The van der Waals surface area contributed by atoms with Gasteiger partial charge in [-0.05, 0) is 43.7 Å². The molecule has 1 saturated carbocycles. The number of rotatable bonds is 5. The lowest BCUT2D eigenvalue weighted by molar-refractivity contribution is -0.122. The van der Waals surface area contributed by atoms with Crippen molar-refractivity contribution >= 4 is 5.91 Å². The van der Waals surface area contributed by atoms with Crippen LogP contribution in [0.5, 0.6) is 0 Å². The standard InChI is InChI=1S/C19H27FN2O/c20-18-8-4-1-5-15(18)9-10-19(23)21-16-11-13-22(14-12-16)17-6-2-3-7-17/h1,4-5,8,16-17H,2-3,6-7,9-14H2,(H,21,23). The number of carbonyl (C=O) groups is 1. The number of aryl methyl sites for hydroxylation is 1. The molecule has 1 aromatic rings. The molecule has 1 heterocycles. The lowest BCUT2D eigenvalue weighted by Crippen LogP contribution is -2.47. The van der Waals surface area contributed by atoms with Gasteiger partial charge in [0, 0.05) is 31.6 Å². The number of nitrogens with one attached hydrogen (secondary N) is 1. The summed E-state index contributed by atoms with van der Waals surface area (Å²) in [5, 5.41) is 3.13. The predicted octanol–water partition coefficient (Wildman–Crippen LogP) is 3.28. The number of hydrogen-bond donors (Lipinski definition) is 1. The Hall–Kier alpha value is -1.42. The molecule has 0 atom stereocenters. The molecule has 2 fully saturated rings. The molecule has 0 bridgehead atoms. The van der Waals surface area contributed by atoms with Crippen molar-refractivity contribution in [2.45, 2.75) is 63.5 Å². The van der Waals surface area contributed by atoms with E-state index in [4.69, 9.17) is 0 Å². The summed E-state index contributed by atoms with van der Waals surface area (Å²) in [4.78, 5) is 14.7. The molecule has 3 nitrogen and oxygen atoms in total. The van der Waals surface area contributed by atoms with Crippen LogP contribution in [0.4, 0.5) is 4.39 Å². The van der Waals surface area contributed by atoms with Gasteiger partial charge in [0.05, 0.1) is 0 Å². The number of piperidine rings is 1. The summed E-state index contributed by atoms with van der Waals surface area (Å²) in [6, 6.07) is 7.77. The maximum absolute atomic E-state index is 13.6. The summed E-state index contributed by atoms with van der Waals surface area (Å²) in [7, 11) is 0. The van der Waals surface area contributed by atoms with Crippen molar-refractivity contribution in [2.24, 2.45) is 0 Å². The summed E-state index contributed by atoms with van der Waals surface area (Å²) in [5.41, 5.74) is 0.624. The third kappa shape index (κ3) is 4.54. The lowest BCUT2D eigenvalue weighted by Gasteiger charge is -2.36. The minimum absolute atomic E-state index is 0.0487. The smallest absolute Gasteiger partial charge is 0.220 e. The number of benzene rings is 1. The summed E-state index contributed by atoms with van der Waals surface area (Å²) < 4.78 is 13.6. The molecule has 0 radical (unpaired) electrons. The van der Waals surface area contributed by atoms with E-state index in [0.29, 0.717) is 24.4 Å². The Kier molecular flexibility index (Phi) is 5.65. The third-order valence-electron chi connectivity index (χ3n) is 5.31. The SMILES string of the molecule is O=C(CCc1ccccc1F)NC1CCN(C2CCCC2)CC1. The maximum atomic E-state index is 13.6. The fourth-order valence-corrected chi connectivity index (χ4v) is 3.93. The predicted molar refractivity (Wildman–Crippen MR) is 89.7 cm³/mol. The van der Waals surface area contributed by atoms with Crippen molar-refractivity contribution < 1.29 is 9.18 Å². The Labute approximate surface area is 138 Å². The van der Waals surface area contributed by atoms with Crippen LogP contribution < -0.4 is 5.32 Å². The molecule has 1 N–H and O–H groups in total. The molecule has 1 saturated heterocycles. The van der Waals surface area contributed by atoms with Crippen molar-refractivity contribution in [1.29, 1.82) is 0 Å². The van der Waals surface area contributed by atoms with Crippen LogP contribution in [0.3, 0.4) is 0 Å². The molecule has 0 aromatic heterocycles. The fourth-order valence-electron chi connectivity index (χ4n) is 3.93. The van der Waals surface area contributed by atoms with Gasteiger partial charge < -0.3 is 10.2 Å². The van der Waals surface area contributed by atoms with Crippen LogP contribution in [0.2, 0.25) is 0 Å². The molecule has 1 aliphatic heterocycles. The van der Waals surface area contributed by atoms with Gasteiger partial charge in [0.2, 0.25) is 5.91 Å². The van der Waals surface area contributed by atoms with E-state index in [-0.39, 0.29) is 11.7 Å². The first kappa shape index (κ1) is 16.4. The average Bonchev–Trinajstić information content (AvgIpc) is 3.09. The molecule has 2 aliphatic rings. The number of halogens is 1. The van der Waals surface area contributed by atoms with Crippen molar-refractivity contribution in [3.63, 3.8) is 0 Å². The number of nitrogens with zero attached hydrogens (tertiary/aromatic N) is 1. The Morgan fingerprint density at radius 1 is 1.13 bits per heavy atom. The molecular formula is C19H27FN2O. The van der Waals surface area contributed by atoms with Crippen LogP contribution in [-0.2, 0) is 11.2 Å². The zero-order valence-electron chi connectivity index (χ0n) is 13.8. The van der Waals surface area contributed by atoms with Crippen molar-refractivity contribution in [3.8, 4) is 0 Å². The summed E-state index contributed by atoms with van der Waals surface area (Å²) >= 11 is 0. The van der Waals surface area contributed by atoms with Crippen molar-refractivity contribution in [3.05, 3.63) is 35.6 Å². The van der Waals surface area contributed by atoms with Crippen LogP contribution in [0.15, 0.2) is 24.3 Å². The first-order chi connectivity index (χ1) is 11.2. The minimum atomic E-state index is -0.217. The van der Waals surface area contributed by atoms with Crippen molar-refractivity contribution in [2.75, 3.05) is 13.1 Å². The second-order valence-corrected chi connectivity index (χ2v) is 6.91. The second-order valence-electron chi connectivity index (χ2n) is 6.91. The summed E-state index contributed by atoms with van der Waals surface area (Å²) in [6.07, 6.45) is 8.36. The highest BCUT2D eigenvalue weighted by Gasteiger charge is 2.27. The zero-order valence-corrected chi connectivity index (χ0v) is 13.8. The second kappa shape index (κ2) is 7.91. The molecule has 0 unspecified atom stereocenters. The monoisotopic (exact) mass is 318 g/mol. The first-order valence-corrected chi connectivity index (χ1v) is 8.99. The number of likely N-dealkylation sites (tertiary alicyclic amines) is 1. The van der Waals surface area contributed by atoms with Gasteiger partial charge >= 0.3 is 0 Å². The Morgan fingerprint density at radius 3 is 2.52 bits per heavy atom. The van der Waals surface area contributed by atoms with E-state index >= 15 is 0 Å². The van der Waals surface area contributed by atoms with Gasteiger partial charge in [0.25, 0.3) is 0 Å². The largest absolute Gasteiger partial charge is 0.353 e. The quantitative estimate of drug-likeness (QED) is 0.903. The van der Waals surface area contributed by atoms with Gasteiger partial charge in [0.1, 0.15) is 5.82 Å². The van der Waals surface area contributed by atoms with Gasteiger partial charge in [-0.25, -0.2) is 4.39 Å². The lowest BCUT2D eigenvalue weighted by atomic mass is 10.0. The Morgan fingerprint density at radius 2 is 1.83 bits per heavy atom. The van der Waals surface area contributed by atoms with Gasteiger partial charge in [-0.3, -0.25) is 4.79 Å². The maximum Gasteiger partial charge on any atom is 0.220 e. The van der Waals surface area contributed by atoms with Gasteiger partial charge in [0.15, 0.2) is 0 Å². The van der Waals surface area contributed by atoms with Gasteiger partial charge in [-0.2, -0.15) is 0 Å². The molecule has 126 valence electrons. The number of hydrogen-bond acceptors (Lipinski definition) is 2. The average molecular weight is 318 g/mol. The van der Waals surface area contributed by atoms with Crippen molar-refractivity contribution in [1.82, 2.24) is 10.2 Å². The van der Waals surface area contributed by atoms with E-state index in [1.165, 1.54) is 31.7 Å². The molecule has 3 rings (SSSR count). The highest BCUT2D eigenvalue weighted by Crippen LogP contribution is 2.26. The summed E-state index contributed by atoms with van der Waals surface area (Å²) in [5.74, 6) is -0.169. The van der Waals surface area contributed by atoms with E-state index in [1.807, 2.05) is 6.07 Å². The van der Waals surface area contributed by atoms with Crippen LogP contribution in [-0.4, -0.2) is 36.0 Å². The summed E-state index contributed by atoms with van der Waals surface area (Å²) in [6.45, 7) is 2.20. The van der Waals surface area contributed by atoms with Gasteiger partial charge in [-0.1, -0.05) is 31.0 Å². The van der Waals surface area contributed by atoms with E-state index in [1.54, 1.807) is 12.1 Å². The Bertz CT molecular complexity index is 520. The Balaban J connectivity index is 1.38. The van der Waals surface area contributed by atoms with Crippen LogP contribution in [0.25, 0.3) is 0 Å². The molecule has 4 heteroatoms. The number of carbonyl (C=O) groups excluding carboxylic acids is 1. The molecule has 23 heavy (non-hydrogen) atoms. The van der Waals surface area contributed by atoms with E-state index in [2.05, 4.69) is 10.2 Å².